The first-order valence-corrected chi connectivity index (χ1v) is 13.9. The van der Waals surface area contributed by atoms with Gasteiger partial charge in [-0.15, -0.1) is 0 Å². The van der Waals surface area contributed by atoms with Gasteiger partial charge in [0.1, 0.15) is 5.54 Å². The summed E-state index contributed by atoms with van der Waals surface area (Å²) in [5.41, 5.74) is 1.58. The third kappa shape index (κ3) is 5.71. The fourth-order valence-electron chi connectivity index (χ4n) is 5.22. The third-order valence-electron chi connectivity index (χ3n) is 7.04. The molecule has 2 aliphatic rings. The maximum absolute atomic E-state index is 13.7. The smallest absolute Gasteiger partial charge is 0.407 e. The van der Waals surface area contributed by atoms with E-state index in [0.29, 0.717) is 56.4 Å². The lowest BCUT2D eigenvalue weighted by Crippen LogP contribution is -2.49. The summed E-state index contributed by atoms with van der Waals surface area (Å²) in [6, 6.07) is 17.3. The summed E-state index contributed by atoms with van der Waals surface area (Å²) in [4.78, 5) is 40.0. The molecule has 1 unspecified atom stereocenters. The van der Waals surface area contributed by atoms with E-state index in [1.54, 1.807) is 48.5 Å². The summed E-state index contributed by atoms with van der Waals surface area (Å²) in [5, 5.41) is 19.7. The van der Waals surface area contributed by atoms with E-state index in [-0.39, 0.29) is 30.8 Å². The van der Waals surface area contributed by atoms with Gasteiger partial charge in [0.25, 0.3) is 11.8 Å². The first-order chi connectivity index (χ1) is 18.6. The van der Waals surface area contributed by atoms with Crippen molar-refractivity contribution in [2.24, 2.45) is 0 Å². The number of halogens is 3. The second-order valence-corrected chi connectivity index (χ2v) is 11.5. The van der Waals surface area contributed by atoms with Crippen molar-refractivity contribution in [2.45, 2.75) is 30.8 Å². The number of piperidine rings is 1. The van der Waals surface area contributed by atoms with Crippen LogP contribution in [0.5, 0.6) is 0 Å². The highest BCUT2D eigenvalue weighted by atomic mass is 79.9. The maximum Gasteiger partial charge on any atom is 0.407 e. The van der Waals surface area contributed by atoms with Crippen molar-refractivity contribution < 1.29 is 19.5 Å². The SMILES string of the molecule is O=C(N[C@H]1CCCN(C(=O)O)C1)c1ccc(Br)cc1NC1(Cc2cccc(Cl)c2)C(=O)Nc2cc(Cl)ccc21. The molecular formula is C28H25BrCl2N4O4. The Balaban J connectivity index is 1.52. The Hall–Kier alpha value is -3.27. The van der Waals surface area contributed by atoms with Gasteiger partial charge in [0.05, 0.1) is 5.56 Å². The number of benzene rings is 3. The van der Waals surface area contributed by atoms with Crippen molar-refractivity contribution in [3.8, 4) is 0 Å². The van der Waals surface area contributed by atoms with E-state index in [9.17, 15) is 19.5 Å². The number of hydrogen-bond acceptors (Lipinski definition) is 4. The fourth-order valence-corrected chi connectivity index (χ4v) is 5.97. The van der Waals surface area contributed by atoms with Gasteiger partial charge in [-0.2, -0.15) is 0 Å². The minimum atomic E-state index is -1.27. The van der Waals surface area contributed by atoms with E-state index in [1.807, 2.05) is 12.1 Å². The molecule has 11 heteroatoms. The number of amides is 3. The van der Waals surface area contributed by atoms with Crippen LogP contribution in [-0.2, 0) is 16.8 Å². The zero-order valence-corrected chi connectivity index (χ0v) is 23.7. The second kappa shape index (κ2) is 11.1. The molecule has 1 fully saturated rings. The fraction of sp³-hybridized carbons (Fsp3) is 0.250. The average molecular weight is 632 g/mol. The molecule has 3 aromatic carbocycles. The molecule has 0 radical (unpaired) electrons. The molecular weight excluding hydrogens is 607 g/mol. The summed E-state index contributed by atoms with van der Waals surface area (Å²) in [6.45, 7) is 0.660. The number of carbonyl (C=O) groups is 3. The Morgan fingerprint density at radius 1 is 1.10 bits per heavy atom. The topological polar surface area (TPSA) is 111 Å². The Morgan fingerprint density at radius 3 is 2.67 bits per heavy atom. The van der Waals surface area contributed by atoms with Crippen LogP contribution < -0.4 is 16.0 Å². The van der Waals surface area contributed by atoms with E-state index in [0.717, 1.165) is 5.56 Å². The molecule has 2 heterocycles. The molecule has 0 aliphatic carbocycles. The molecule has 2 atom stereocenters. The molecule has 1 saturated heterocycles. The lowest BCUT2D eigenvalue weighted by Gasteiger charge is -2.33. The molecule has 39 heavy (non-hydrogen) atoms. The van der Waals surface area contributed by atoms with Gasteiger partial charge in [-0.25, -0.2) is 4.79 Å². The number of carboxylic acid groups (broad SMARTS) is 1. The van der Waals surface area contributed by atoms with Gasteiger partial charge in [0.2, 0.25) is 0 Å². The normalized spacial score (nSPS) is 20.2. The summed E-state index contributed by atoms with van der Waals surface area (Å²) >= 11 is 16.0. The van der Waals surface area contributed by atoms with Crippen LogP contribution in [0.15, 0.2) is 65.1 Å². The maximum atomic E-state index is 13.7. The molecule has 8 nitrogen and oxygen atoms in total. The summed E-state index contributed by atoms with van der Waals surface area (Å²) in [5.74, 6) is -0.662. The molecule has 0 aromatic heterocycles. The van der Waals surface area contributed by atoms with Gasteiger partial charge in [-0.3, -0.25) is 9.59 Å². The lowest BCUT2D eigenvalue weighted by molar-refractivity contribution is -0.119. The van der Waals surface area contributed by atoms with Crippen LogP contribution in [0.4, 0.5) is 16.2 Å². The van der Waals surface area contributed by atoms with Gasteiger partial charge in [0.15, 0.2) is 0 Å². The van der Waals surface area contributed by atoms with Gasteiger partial charge >= 0.3 is 6.09 Å². The molecule has 4 N–H and O–H groups in total. The van der Waals surface area contributed by atoms with Crippen LogP contribution in [0.25, 0.3) is 0 Å². The Morgan fingerprint density at radius 2 is 1.90 bits per heavy atom. The largest absolute Gasteiger partial charge is 0.465 e. The van der Waals surface area contributed by atoms with Gasteiger partial charge in [0, 0.05) is 57.0 Å². The number of carbonyl (C=O) groups excluding carboxylic acids is 2. The first-order valence-electron chi connectivity index (χ1n) is 12.4. The Bertz CT molecular complexity index is 1470. The highest BCUT2D eigenvalue weighted by Gasteiger charge is 2.47. The number of rotatable bonds is 6. The van der Waals surface area contributed by atoms with Crippen LogP contribution in [0, 0.1) is 0 Å². The predicted molar refractivity (Wildman–Crippen MR) is 155 cm³/mol. The molecule has 0 spiro atoms. The standard InChI is InChI=1S/C28H25BrCl2N4O4/c29-17-6-8-21(25(36)32-20-5-2-10-35(15-20)27(38)39)23(12-17)34-28(14-16-3-1-4-18(30)11-16)22-9-7-19(31)13-24(22)33-26(28)37/h1,3-4,6-9,11-13,20,34H,2,5,10,14-15H2,(H,32,36)(H,33,37)(H,38,39)/t20-,28?/m0/s1. The second-order valence-electron chi connectivity index (χ2n) is 9.71. The van der Waals surface area contributed by atoms with Crippen LogP contribution in [0.3, 0.4) is 0 Å². The van der Waals surface area contributed by atoms with E-state index in [4.69, 9.17) is 23.2 Å². The molecule has 5 rings (SSSR count). The van der Waals surface area contributed by atoms with Gasteiger partial charge in [-0.05, 0) is 60.9 Å². The van der Waals surface area contributed by atoms with Gasteiger partial charge < -0.3 is 26.0 Å². The van der Waals surface area contributed by atoms with Crippen LogP contribution >= 0.6 is 39.1 Å². The minimum Gasteiger partial charge on any atom is -0.465 e. The average Bonchev–Trinajstić information content (AvgIpc) is 3.13. The van der Waals surface area contributed by atoms with Crippen LogP contribution in [0.2, 0.25) is 10.0 Å². The highest BCUT2D eigenvalue weighted by molar-refractivity contribution is 9.10. The first kappa shape index (κ1) is 27.3. The Labute approximate surface area is 243 Å². The lowest BCUT2D eigenvalue weighted by atomic mass is 9.84. The predicted octanol–water partition coefficient (Wildman–Crippen LogP) is 6.13. The van der Waals surface area contributed by atoms with Crippen molar-refractivity contribution in [3.63, 3.8) is 0 Å². The molecule has 3 amide bonds. The van der Waals surface area contributed by atoms with E-state index in [2.05, 4.69) is 31.9 Å². The summed E-state index contributed by atoms with van der Waals surface area (Å²) in [7, 11) is 0. The minimum absolute atomic E-state index is 0.218. The highest BCUT2D eigenvalue weighted by Crippen LogP contribution is 2.43. The van der Waals surface area contributed by atoms with Gasteiger partial charge in [-0.1, -0.05) is 57.3 Å². The number of anilines is 2. The number of nitrogens with one attached hydrogen (secondary N) is 3. The van der Waals surface area contributed by atoms with Crippen molar-refractivity contribution in [2.75, 3.05) is 23.7 Å². The van der Waals surface area contributed by atoms with Crippen LogP contribution in [-0.4, -0.2) is 47.0 Å². The van der Waals surface area contributed by atoms with Crippen molar-refractivity contribution in [1.29, 1.82) is 0 Å². The summed E-state index contributed by atoms with van der Waals surface area (Å²) < 4.78 is 0.712. The van der Waals surface area contributed by atoms with E-state index < -0.39 is 11.6 Å². The third-order valence-corrected chi connectivity index (χ3v) is 8.00. The van der Waals surface area contributed by atoms with Crippen molar-refractivity contribution >= 4 is 68.4 Å². The molecule has 0 saturated carbocycles. The van der Waals surface area contributed by atoms with Crippen LogP contribution in [0.1, 0.15) is 34.3 Å². The van der Waals surface area contributed by atoms with E-state index in [1.165, 1.54) is 4.90 Å². The van der Waals surface area contributed by atoms with E-state index >= 15 is 0 Å². The zero-order valence-electron chi connectivity index (χ0n) is 20.6. The molecule has 2 aliphatic heterocycles. The number of nitrogens with zero attached hydrogens (tertiary/aromatic N) is 1. The molecule has 202 valence electrons. The molecule has 0 bridgehead atoms. The number of fused-ring (bicyclic) bond motifs is 1. The summed E-state index contributed by atoms with van der Waals surface area (Å²) in [6.07, 6.45) is 0.571. The molecule has 3 aromatic rings. The zero-order chi connectivity index (χ0) is 27.7. The van der Waals surface area contributed by atoms with Crippen molar-refractivity contribution in [3.05, 3.63) is 91.9 Å². The number of likely N-dealkylation sites (tertiary alicyclic amines) is 1. The van der Waals surface area contributed by atoms with Crippen molar-refractivity contribution in [1.82, 2.24) is 10.2 Å². The monoisotopic (exact) mass is 630 g/mol. The quantitative estimate of drug-likeness (QED) is 0.262. The number of hydrogen-bond donors (Lipinski definition) is 4. The Kier molecular flexibility index (Phi) is 7.75.